The fourth-order valence-electron chi connectivity index (χ4n) is 3.02. The van der Waals surface area contributed by atoms with Crippen molar-refractivity contribution in [1.29, 1.82) is 0 Å². The molecule has 0 bridgehead atoms. The molecule has 3 heterocycles. The van der Waals surface area contributed by atoms with Crippen molar-refractivity contribution in [3.05, 3.63) is 53.5 Å². The standard InChI is InChI=1S/C18H21N7/c1-12-7-16(24-23-12)21-18-10-19-9-17(22-18)20-15-4-3-13-5-6-25(2)11-14(13)8-15/h3-4,7-10H,5-6,11H2,1-2H3,(H3,20,21,22,23,24). The van der Waals surface area contributed by atoms with Crippen LogP contribution in [0.2, 0.25) is 0 Å². The molecule has 7 nitrogen and oxygen atoms in total. The van der Waals surface area contributed by atoms with Gasteiger partial charge in [-0.3, -0.25) is 10.1 Å². The third-order valence-electron chi connectivity index (χ3n) is 4.28. The first-order valence-corrected chi connectivity index (χ1v) is 8.34. The summed E-state index contributed by atoms with van der Waals surface area (Å²) < 4.78 is 0. The smallest absolute Gasteiger partial charge is 0.153 e. The Bertz CT molecular complexity index is 887. The number of nitrogens with zero attached hydrogens (tertiary/aromatic N) is 4. The zero-order valence-electron chi connectivity index (χ0n) is 14.4. The van der Waals surface area contributed by atoms with Crippen molar-refractivity contribution in [3.8, 4) is 0 Å². The summed E-state index contributed by atoms with van der Waals surface area (Å²) in [5.41, 5.74) is 4.81. The van der Waals surface area contributed by atoms with E-state index in [-0.39, 0.29) is 0 Å². The van der Waals surface area contributed by atoms with Crippen molar-refractivity contribution in [3.63, 3.8) is 0 Å². The van der Waals surface area contributed by atoms with E-state index in [1.165, 1.54) is 11.1 Å². The summed E-state index contributed by atoms with van der Waals surface area (Å²) in [5, 5.41) is 13.5. The quantitative estimate of drug-likeness (QED) is 0.680. The monoisotopic (exact) mass is 335 g/mol. The van der Waals surface area contributed by atoms with Gasteiger partial charge in [-0.1, -0.05) is 6.07 Å². The highest BCUT2D eigenvalue weighted by Crippen LogP contribution is 2.24. The lowest BCUT2D eigenvalue weighted by Crippen LogP contribution is -2.26. The van der Waals surface area contributed by atoms with E-state index < -0.39 is 0 Å². The van der Waals surface area contributed by atoms with E-state index in [4.69, 9.17) is 0 Å². The number of aryl methyl sites for hydroxylation is 1. The molecule has 0 atom stereocenters. The number of fused-ring (bicyclic) bond motifs is 1. The molecule has 2 aromatic heterocycles. The Balaban J connectivity index is 1.51. The number of rotatable bonds is 4. The van der Waals surface area contributed by atoms with E-state index in [1.54, 1.807) is 12.4 Å². The molecule has 0 saturated carbocycles. The summed E-state index contributed by atoms with van der Waals surface area (Å²) in [5.74, 6) is 2.07. The van der Waals surface area contributed by atoms with Gasteiger partial charge in [-0.05, 0) is 43.7 Å². The molecule has 0 radical (unpaired) electrons. The maximum absolute atomic E-state index is 4.55. The molecule has 1 aliphatic heterocycles. The maximum Gasteiger partial charge on any atom is 0.153 e. The van der Waals surface area contributed by atoms with Crippen molar-refractivity contribution >= 4 is 23.1 Å². The third-order valence-corrected chi connectivity index (χ3v) is 4.28. The first-order valence-electron chi connectivity index (χ1n) is 8.34. The number of benzene rings is 1. The second-order valence-corrected chi connectivity index (χ2v) is 6.45. The van der Waals surface area contributed by atoms with Gasteiger partial charge in [0.15, 0.2) is 17.5 Å². The van der Waals surface area contributed by atoms with Crippen LogP contribution in [0.3, 0.4) is 0 Å². The average Bonchev–Trinajstić information content (AvgIpc) is 3.00. The maximum atomic E-state index is 4.55. The highest BCUT2D eigenvalue weighted by atomic mass is 15.2. The Kier molecular flexibility index (Phi) is 4.07. The lowest BCUT2D eigenvalue weighted by atomic mass is 9.99. The van der Waals surface area contributed by atoms with E-state index >= 15 is 0 Å². The van der Waals surface area contributed by atoms with Gasteiger partial charge in [-0.2, -0.15) is 5.10 Å². The molecule has 3 aromatic rings. The van der Waals surface area contributed by atoms with Crippen LogP contribution in [0, 0.1) is 6.92 Å². The molecule has 1 aliphatic rings. The van der Waals surface area contributed by atoms with Gasteiger partial charge < -0.3 is 15.5 Å². The Morgan fingerprint density at radius 3 is 2.68 bits per heavy atom. The van der Waals surface area contributed by atoms with Crippen LogP contribution in [0.25, 0.3) is 0 Å². The Hall–Kier alpha value is -2.93. The molecular weight excluding hydrogens is 314 g/mol. The van der Waals surface area contributed by atoms with Gasteiger partial charge >= 0.3 is 0 Å². The molecule has 0 amide bonds. The van der Waals surface area contributed by atoms with Crippen LogP contribution in [-0.4, -0.2) is 38.7 Å². The fourth-order valence-corrected chi connectivity index (χ4v) is 3.02. The number of likely N-dealkylation sites (N-methyl/N-ethyl adjacent to an activating group) is 1. The number of aromatic amines is 1. The van der Waals surface area contributed by atoms with Crippen LogP contribution in [-0.2, 0) is 13.0 Å². The SMILES string of the molecule is Cc1cc(Nc2cncc(Nc3ccc4c(c3)CN(C)CC4)n2)n[nH]1. The molecule has 0 spiro atoms. The number of hydrogen-bond acceptors (Lipinski definition) is 6. The number of nitrogens with one attached hydrogen (secondary N) is 3. The summed E-state index contributed by atoms with van der Waals surface area (Å²) in [7, 11) is 2.15. The van der Waals surface area contributed by atoms with E-state index in [0.29, 0.717) is 11.6 Å². The van der Waals surface area contributed by atoms with Gasteiger partial charge in [0.2, 0.25) is 0 Å². The molecule has 0 aliphatic carbocycles. The van der Waals surface area contributed by atoms with E-state index in [2.05, 4.69) is 60.9 Å². The Labute approximate surface area is 146 Å². The minimum absolute atomic E-state index is 0.647. The molecule has 0 saturated heterocycles. The van der Waals surface area contributed by atoms with Crippen molar-refractivity contribution in [2.45, 2.75) is 19.9 Å². The minimum atomic E-state index is 0.647. The Morgan fingerprint density at radius 1 is 1.04 bits per heavy atom. The van der Waals surface area contributed by atoms with Crippen LogP contribution >= 0.6 is 0 Å². The Morgan fingerprint density at radius 2 is 1.88 bits per heavy atom. The van der Waals surface area contributed by atoms with E-state index in [1.807, 2.05) is 13.0 Å². The van der Waals surface area contributed by atoms with E-state index in [0.717, 1.165) is 36.7 Å². The third kappa shape index (κ3) is 3.61. The molecule has 0 fully saturated rings. The number of H-pyrrole nitrogens is 1. The summed E-state index contributed by atoms with van der Waals surface area (Å²) in [4.78, 5) is 11.1. The zero-order chi connectivity index (χ0) is 17.2. The molecule has 7 heteroatoms. The first-order chi connectivity index (χ1) is 12.2. The first kappa shape index (κ1) is 15.6. The van der Waals surface area contributed by atoms with Crippen molar-refractivity contribution in [2.24, 2.45) is 0 Å². The molecule has 25 heavy (non-hydrogen) atoms. The van der Waals surface area contributed by atoms with E-state index in [9.17, 15) is 0 Å². The average molecular weight is 335 g/mol. The van der Waals surface area contributed by atoms with Crippen LogP contribution in [0.15, 0.2) is 36.7 Å². The minimum Gasteiger partial charge on any atom is -0.339 e. The number of anilines is 4. The summed E-state index contributed by atoms with van der Waals surface area (Å²) in [6.45, 7) is 4.05. The second kappa shape index (κ2) is 6.52. The molecule has 3 N–H and O–H groups in total. The number of aromatic nitrogens is 4. The lowest BCUT2D eigenvalue weighted by molar-refractivity contribution is 0.313. The van der Waals surface area contributed by atoms with Gasteiger partial charge in [0.25, 0.3) is 0 Å². The zero-order valence-corrected chi connectivity index (χ0v) is 14.4. The highest BCUT2D eigenvalue weighted by Gasteiger charge is 2.13. The second-order valence-electron chi connectivity index (χ2n) is 6.45. The van der Waals surface area contributed by atoms with Gasteiger partial charge in [0.1, 0.15) is 0 Å². The van der Waals surface area contributed by atoms with Gasteiger partial charge in [-0.15, -0.1) is 0 Å². The van der Waals surface area contributed by atoms with Gasteiger partial charge in [0, 0.05) is 30.5 Å². The van der Waals surface area contributed by atoms with Crippen molar-refractivity contribution in [2.75, 3.05) is 24.2 Å². The summed E-state index contributed by atoms with van der Waals surface area (Å²) >= 11 is 0. The summed E-state index contributed by atoms with van der Waals surface area (Å²) in [6.07, 6.45) is 4.50. The van der Waals surface area contributed by atoms with Crippen molar-refractivity contribution in [1.82, 2.24) is 25.1 Å². The normalized spacial score (nSPS) is 14.2. The van der Waals surface area contributed by atoms with Gasteiger partial charge in [0.05, 0.1) is 12.4 Å². The molecule has 1 aromatic carbocycles. The molecular formula is C18H21N7. The van der Waals surface area contributed by atoms with Crippen LogP contribution in [0.1, 0.15) is 16.8 Å². The largest absolute Gasteiger partial charge is 0.339 e. The number of hydrogen-bond donors (Lipinski definition) is 3. The van der Waals surface area contributed by atoms with Gasteiger partial charge in [-0.25, -0.2) is 4.98 Å². The topological polar surface area (TPSA) is 81.8 Å². The fraction of sp³-hybridized carbons (Fsp3) is 0.278. The van der Waals surface area contributed by atoms with Crippen LogP contribution in [0.5, 0.6) is 0 Å². The molecule has 128 valence electrons. The highest BCUT2D eigenvalue weighted by molar-refractivity contribution is 5.60. The predicted octanol–water partition coefficient (Wildman–Crippen LogP) is 2.98. The van der Waals surface area contributed by atoms with Crippen molar-refractivity contribution < 1.29 is 0 Å². The molecule has 4 rings (SSSR count). The lowest BCUT2D eigenvalue weighted by Gasteiger charge is -2.25. The predicted molar refractivity (Wildman–Crippen MR) is 98.4 cm³/mol. The van der Waals surface area contributed by atoms with Crippen LogP contribution < -0.4 is 10.6 Å². The summed E-state index contributed by atoms with van der Waals surface area (Å²) in [6, 6.07) is 8.42. The van der Waals surface area contributed by atoms with Crippen LogP contribution in [0.4, 0.5) is 23.1 Å². The molecule has 0 unspecified atom stereocenters.